The SMILES string of the molecule is N/C(CCCNC(=O)c1ccc2cc(Br)ccc2c1)=N/O. The molecule has 2 aromatic carbocycles. The van der Waals surface area contributed by atoms with Gasteiger partial charge in [-0.15, -0.1) is 0 Å². The number of hydrogen-bond acceptors (Lipinski definition) is 3. The molecule has 1 amide bonds. The molecule has 0 fully saturated rings. The largest absolute Gasteiger partial charge is 0.409 e. The number of rotatable bonds is 5. The zero-order valence-electron chi connectivity index (χ0n) is 11.3. The minimum atomic E-state index is -0.126. The fourth-order valence-corrected chi connectivity index (χ4v) is 2.36. The molecule has 0 atom stereocenters. The number of nitrogens with two attached hydrogens (primary N) is 1. The Bertz CT molecular complexity index is 686. The normalized spacial score (nSPS) is 11.6. The predicted octanol–water partition coefficient (Wildman–Crippen LogP) is 2.86. The summed E-state index contributed by atoms with van der Waals surface area (Å²) in [5, 5.41) is 16.2. The monoisotopic (exact) mass is 349 g/mol. The lowest BCUT2D eigenvalue weighted by Crippen LogP contribution is -2.25. The van der Waals surface area contributed by atoms with Crippen molar-refractivity contribution in [1.82, 2.24) is 5.32 Å². The summed E-state index contributed by atoms with van der Waals surface area (Å²) in [5.41, 5.74) is 5.98. The van der Waals surface area contributed by atoms with Gasteiger partial charge >= 0.3 is 0 Å². The number of fused-ring (bicyclic) bond motifs is 1. The fourth-order valence-electron chi connectivity index (χ4n) is 1.98. The van der Waals surface area contributed by atoms with E-state index in [1.165, 1.54) is 0 Å². The first-order valence-electron chi connectivity index (χ1n) is 6.54. The summed E-state index contributed by atoms with van der Waals surface area (Å²) in [6.07, 6.45) is 1.07. The molecule has 2 aromatic rings. The average Bonchev–Trinajstić information content (AvgIpc) is 2.50. The molecule has 110 valence electrons. The molecule has 0 unspecified atom stereocenters. The van der Waals surface area contributed by atoms with E-state index in [-0.39, 0.29) is 11.7 Å². The lowest BCUT2D eigenvalue weighted by atomic mass is 10.1. The van der Waals surface area contributed by atoms with Gasteiger partial charge in [0, 0.05) is 23.0 Å². The maximum Gasteiger partial charge on any atom is 0.251 e. The molecule has 2 rings (SSSR count). The maximum absolute atomic E-state index is 12.0. The van der Waals surface area contributed by atoms with Gasteiger partial charge in [-0.1, -0.05) is 33.2 Å². The molecule has 0 aliphatic rings. The van der Waals surface area contributed by atoms with Crippen LogP contribution in [0.15, 0.2) is 46.0 Å². The van der Waals surface area contributed by atoms with Crippen molar-refractivity contribution >= 4 is 38.4 Å². The average molecular weight is 350 g/mol. The molecular formula is C15H16BrN3O2. The van der Waals surface area contributed by atoms with Gasteiger partial charge in [0.2, 0.25) is 0 Å². The first kappa shape index (κ1) is 15.3. The smallest absolute Gasteiger partial charge is 0.251 e. The molecule has 6 heteroatoms. The van der Waals surface area contributed by atoms with Crippen LogP contribution >= 0.6 is 15.9 Å². The number of carbonyl (C=O) groups excluding carboxylic acids is 1. The molecule has 5 nitrogen and oxygen atoms in total. The lowest BCUT2D eigenvalue weighted by molar-refractivity contribution is 0.0953. The minimum absolute atomic E-state index is 0.126. The van der Waals surface area contributed by atoms with Crippen molar-refractivity contribution in [2.75, 3.05) is 6.54 Å². The van der Waals surface area contributed by atoms with Crippen LogP contribution in [0.2, 0.25) is 0 Å². The number of benzene rings is 2. The number of hydrogen-bond donors (Lipinski definition) is 3. The highest BCUT2D eigenvalue weighted by atomic mass is 79.9. The lowest BCUT2D eigenvalue weighted by Gasteiger charge is -2.06. The molecule has 21 heavy (non-hydrogen) atoms. The minimum Gasteiger partial charge on any atom is -0.409 e. The second kappa shape index (κ2) is 7.08. The van der Waals surface area contributed by atoms with Crippen molar-refractivity contribution in [1.29, 1.82) is 0 Å². The zero-order chi connectivity index (χ0) is 15.2. The summed E-state index contributed by atoms with van der Waals surface area (Å²) in [6.45, 7) is 0.480. The summed E-state index contributed by atoms with van der Waals surface area (Å²) in [6, 6.07) is 11.5. The first-order chi connectivity index (χ1) is 10.1. The Kier molecular flexibility index (Phi) is 5.16. The van der Waals surface area contributed by atoms with Gasteiger partial charge in [-0.3, -0.25) is 4.79 Å². The molecule has 0 bridgehead atoms. The topological polar surface area (TPSA) is 87.7 Å². The van der Waals surface area contributed by atoms with Gasteiger partial charge in [-0.25, -0.2) is 0 Å². The van der Waals surface area contributed by atoms with Crippen LogP contribution in [-0.2, 0) is 0 Å². The summed E-state index contributed by atoms with van der Waals surface area (Å²) in [7, 11) is 0. The van der Waals surface area contributed by atoms with Crippen LogP contribution < -0.4 is 11.1 Å². The summed E-state index contributed by atoms with van der Waals surface area (Å²) in [5.74, 6) is 0.0415. The van der Waals surface area contributed by atoms with E-state index in [0.29, 0.717) is 24.9 Å². The van der Waals surface area contributed by atoms with Gasteiger partial charge in [-0.2, -0.15) is 0 Å². The molecule has 0 aliphatic carbocycles. The standard InChI is InChI=1S/C15H16BrN3O2/c16-13-6-5-10-8-12(4-3-11(10)9-13)15(20)18-7-1-2-14(17)19-21/h3-6,8-9,21H,1-2,7H2,(H2,17,19)(H,18,20). The number of amidine groups is 1. The first-order valence-corrected chi connectivity index (χ1v) is 7.33. The summed E-state index contributed by atoms with van der Waals surface area (Å²) < 4.78 is 1.01. The van der Waals surface area contributed by atoms with Crippen molar-refractivity contribution < 1.29 is 10.0 Å². The maximum atomic E-state index is 12.0. The fraction of sp³-hybridized carbons (Fsp3) is 0.200. The molecule has 0 aliphatic heterocycles. The number of nitrogens with zero attached hydrogens (tertiary/aromatic N) is 1. The van der Waals surface area contributed by atoms with Gasteiger partial charge in [0.1, 0.15) is 5.84 Å². The van der Waals surface area contributed by atoms with E-state index >= 15 is 0 Å². The summed E-state index contributed by atoms with van der Waals surface area (Å²) >= 11 is 3.42. The highest BCUT2D eigenvalue weighted by Gasteiger charge is 2.06. The quantitative estimate of drug-likeness (QED) is 0.255. The van der Waals surface area contributed by atoms with Crippen molar-refractivity contribution in [3.05, 3.63) is 46.4 Å². The van der Waals surface area contributed by atoms with E-state index in [1.807, 2.05) is 30.3 Å². The molecule has 0 aromatic heterocycles. The molecule has 0 saturated heterocycles. The van der Waals surface area contributed by atoms with Crippen molar-refractivity contribution in [3.8, 4) is 0 Å². The Morgan fingerprint density at radius 3 is 2.71 bits per heavy atom. The third kappa shape index (κ3) is 4.19. The van der Waals surface area contributed by atoms with E-state index in [9.17, 15) is 4.79 Å². The molecule has 0 radical (unpaired) electrons. The van der Waals surface area contributed by atoms with Crippen LogP contribution in [0.1, 0.15) is 23.2 Å². The number of carbonyl (C=O) groups is 1. The highest BCUT2D eigenvalue weighted by Crippen LogP contribution is 2.20. The van der Waals surface area contributed by atoms with Gasteiger partial charge in [0.05, 0.1) is 0 Å². The van der Waals surface area contributed by atoms with E-state index in [0.717, 1.165) is 15.2 Å². The van der Waals surface area contributed by atoms with Crippen LogP contribution in [0, 0.1) is 0 Å². The molecule has 0 saturated carbocycles. The van der Waals surface area contributed by atoms with E-state index in [1.54, 1.807) is 6.07 Å². The van der Waals surface area contributed by atoms with E-state index in [4.69, 9.17) is 10.9 Å². The highest BCUT2D eigenvalue weighted by molar-refractivity contribution is 9.10. The van der Waals surface area contributed by atoms with E-state index < -0.39 is 0 Å². The molecule has 0 spiro atoms. The second-order valence-electron chi connectivity index (χ2n) is 4.66. The third-order valence-corrected chi connectivity index (χ3v) is 3.58. The van der Waals surface area contributed by atoms with Crippen LogP contribution in [0.5, 0.6) is 0 Å². The van der Waals surface area contributed by atoms with Crippen LogP contribution in [0.3, 0.4) is 0 Å². The Hall–Kier alpha value is -2.08. The molecular weight excluding hydrogens is 334 g/mol. The van der Waals surface area contributed by atoms with Gasteiger partial charge in [0.15, 0.2) is 0 Å². The van der Waals surface area contributed by atoms with Gasteiger partial charge < -0.3 is 16.3 Å². The number of halogens is 1. The Morgan fingerprint density at radius 1 is 1.24 bits per heavy atom. The Balaban J connectivity index is 1.98. The van der Waals surface area contributed by atoms with Crippen molar-refractivity contribution in [3.63, 3.8) is 0 Å². The van der Waals surface area contributed by atoms with Crippen LogP contribution in [0.4, 0.5) is 0 Å². The third-order valence-electron chi connectivity index (χ3n) is 3.09. The Labute approximate surface area is 131 Å². The van der Waals surface area contributed by atoms with E-state index in [2.05, 4.69) is 26.4 Å². The summed E-state index contributed by atoms with van der Waals surface area (Å²) in [4.78, 5) is 12.0. The Morgan fingerprint density at radius 2 is 1.95 bits per heavy atom. The van der Waals surface area contributed by atoms with Crippen molar-refractivity contribution in [2.45, 2.75) is 12.8 Å². The zero-order valence-corrected chi connectivity index (χ0v) is 12.9. The molecule has 4 N–H and O–H groups in total. The number of nitrogens with one attached hydrogen (secondary N) is 1. The number of amides is 1. The van der Waals surface area contributed by atoms with Crippen LogP contribution in [0.25, 0.3) is 10.8 Å². The van der Waals surface area contributed by atoms with Crippen LogP contribution in [-0.4, -0.2) is 23.5 Å². The van der Waals surface area contributed by atoms with Crippen molar-refractivity contribution in [2.24, 2.45) is 10.9 Å². The molecule has 0 heterocycles. The number of oxime groups is 1. The van der Waals surface area contributed by atoms with Gasteiger partial charge in [0.25, 0.3) is 5.91 Å². The van der Waals surface area contributed by atoms with Gasteiger partial charge in [-0.05, 0) is 41.5 Å². The predicted molar refractivity (Wildman–Crippen MR) is 86.6 cm³/mol. The second-order valence-corrected chi connectivity index (χ2v) is 5.57.